The van der Waals surface area contributed by atoms with E-state index in [2.05, 4.69) is 26.7 Å². The third kappa shape index (κ3) is 3.90. The van der Waals surface area contributed by atoms with E-state index >= 15 is 0 Å². The molecule has 7 heteroatoms. The Morgan fingerprint density at radius 2 is 2.07 bits per heavy atom. The normalized spacial score (nSPS) is 20.5. The summed E-state index contributed by atoms with van der Waals surface area (Å²) in [4.78, 5) is 17.2. The highest BCUT2D eigenvalue weighted by atomic mass is 16.5. The Kier molecular flexibility index (Phi) is 5.62. The van der Waals surface area contributed by atoms with Gasteiger partial charge in [0.05, 0.1) is 19.6 Å². The number of ether oxygens (including phenoxy) is 1. The van der Waals surface area contributed by atoms with Gasteiger partial charge in [0.2, 0.25) is 5.91 Å². The molecule has 2 aliphatic heterocycles. The van der Waals surface area contributed by atoms with Crippen molar-refractivity contribution in [1.29, 1.82) is 0 Å². The molecule has 0 N–H and O–H groups in total. The SMILES string of the molecule is COc1cccc(CC(=O)N2CCc3nnc([C@@H]4CCCCN4C)n3CC2)c1. The Hall–Kier alpha value is -2.41. The smallest absolute Gasteiger partial charge is 0.227 e. The first kappa shape index (κ1) is 18.9. The molecule has 150 valence electrons. The highest BCUT2D eigenvalue weighted by Gasteiger charge is 2.29. The average Bonchev–Trinajstić information content (AvgIpc) is 2.98. The van der Waals surface area contributed by atoms with Gasteiger partial charge >= 0.3 is 0 Å². The largest absolute Gasteiger partial charge is 0.497 e. The molecule has 3 heterocycles. The number of rotatable bonds is 4. The molecule has 0 radical (unpaired) electrons. The van der Waals surface area contributed by atoms with E-state index in [1.807, 2.05) is 29.2 Å². The minimum atomic E-state index is 0.156. The summed E-state index contributed by atoms with van der Waals surface area (Å²) in [5, 5.41) is 8.98. The lowest BCUT2D eigenvalue weighted by Crippen LogP contribution is -2.35. The molecule has 0 saturated carbocycles. The molecule has 2 aliphatic rings. The number of piperidine rings is 1. The van der Waals surface area contributed by atoms with Crippen molar-refractivity contribution in [1.82, 2.24) is 24.6 Å². The van der Waals surface area contributed by atoms with Crippen LogP contribution in [-0.2, 0) is 24.2 Å². The number of hydrogen-bond acceptors (Lipinski definition) is 5. The summed E-state index contributed by atoms with van der Waals surface area (Å²) in [5.41, 5.74) is 0.984. The van der Waals surface area contributed by atoms with E-state index in [1.165, 1.54) is 12.8 Å². The highest BCUT2D eigenvalue weighted by Crippen LogP contribution is 2.29. The summed E-state index contributed by atoms with van der Waals surface area (Å²) in [7, 11) is 3.82. The zero-order chi connectivity index (χ0) is 19.5. The number of likely N-dealkylation sites (tertiary alicyclic amines) is 1. The van der Waals surface area contributed by atoms with Crippen LogP contribution in [0.5, 0.6) is 5.75 Å². The van der Waals surface area contributed by atoms with Gasteiger partial charge in [-0.1, -0.05) is 18.6 Å². The van der Waals surface area contributed by atoms with E-state index in [1.54, 1.807) is 7.11 Å². The Morgan fingerprint density at radius 3 is 2.89 bits per heavy atom. The fourth-order valence-electron chi connectivity index (χ4n) is 4.31. The van der Waals surface area contributed by atoms with E-state index in [0.29, 0.717) is 25.6 Å². The van der Waals surface area contributed by atoms with Gasteiger partial charge in [0.25, 0.3) is 0 Å². The van der Waals surface area contributed by atoms with Crippen molar-refractivity contribution in [3.05, 3.63) is 41.5 Å². The fraction of sp³-hybridized carbons (Fsp3) is 0.571. The molecule has 0 spiro atoms. The molecule has 2 aromatic rings. The number of amides is 1. The zero-order valence-corrected chi connectivity index (χ0v) is 16.8. The predicted octanol–water partition coefficient (Wildman–Crippen LogP) is 2.07. The first-order chi connectivity index (χ1) is 13.7. The molecule has 1 aromatic carbocycles. The maximum absolute atomic E-state index is 12.9. The maximum Gasteiger partial charge on any atom is 0.227 e. The molecular formula is C21H29N5O2. The number of aromatic nitrogens is 3. The molecule has 1 atom stereocenters. The lowest BCUT2D eigenvalue weighted by molar-refractivity contribution is -0.130. The van der Waals surface area contributed by atoms with Gasteiger partial charge in [-0.15, -0.1) is 10.2 Å². The number of fused-ring (bicyclic) bond motifs is 1. The van der Waals surface area contributed by atoms with Crippen LogP contribution in [-0.4, -0.2) is 64.3 Å². The van der Waals surface area contributed by atoms with Crippen LogP contribution >= 0.6 is 0 Å². The van der Waals surface area contributed by atoms with Crippen molar-refractivity contribution in [3.63, 3.8) is 0 Å². The van der Waals surface area contributed by atoms with Gasteiger partial charge in [0.1, 0.15) is 17.4 Å². The minimum Gasteiger partial charge on any atom is -0.497 e. The van der Waals surface area contributed by atoms with Gasteiger partial charge in [-0.25, -0.2) is 0 Å². The van der Waals surface area contributed by atoms with Gasteiger partial charge in [0, 0.05) is 26.1 Å². The van der Waals surface area contributed by atoms with Gasteiger partial charge < -0.3 is 14.2 Å². The molecule has 28 heavy (non-hydrogen) atoms. The van der Waals surface area contributed by atoms with Crippen molar-refractivity contribution in [2.45, 2.75) is 44.7 Å². The predicted molar refractivity (Wildman–Crippen MR) is 106 cm³/mol. The molecule has 4 rings (SSSR count). The summed E-state index contributed by atoms with van der Waals surface area (Å²) >= 11 is 0. The van der Waals surface area contributed by atoms with E-state index in [4.69, 9.17) is 4.74 Å². The van der Waals surface area contributed by atoms with Crippen LogP contribution in [0.25, 0.3) is 0 Å². The van der Waals surface area contributed by atoms with Crippen LogP contribution < -0.4 is 4.74 Å². The maximum atomic E-state index is 12.9. The molecule has 0 unspecified atom stereocenters. The van der Waals surface area contributed by atoms with E-state index < -0.39 is 0 Å². The van der Waals surface area contributed by atoms with Crippen LogP contribution in [0.2, 0.25) is 0 Å². The Bertz CT molecular complexity index is 834. The van der Waals surface area contributed by atoms with Crippen molar-refractivity contribution in [2.75, 3.05) is 33.8 Å². The number of nitrogens with zero attached hydrogens (tertiary/aromatic N) is 5. The van der Waals surface area contributed by atoms with Crippen LogP contribution in [0.15, 0.2) is 24.3 Å². The number of carbonyl (C=O) groups excluding carboxylic acids is 1. The van der Waals surface area contributed by atoms with E-state index in [9.17, 15) is 4.79 Å². The molecule has 0 aliphatic carbocycles. The minimum absolute atomic E-state index is 0.156. The molecule has 1 saturated heterocycles. The number of hydrogen-bond donors (Lipinski definition) is 0. The van der Waals surface area contributed by atoms with Crippen molar-refractivity contribution in [3.8, 4) is 5.75 Å². The van der Waals surface area contributed by atoms with Crippen LogP contribution in [0.1, 0.15) is 42.5 Å². The van der Waals surface area contributed by atoms with Crippen LogP contribution in [0.3, 0.4) is 0 Å². The Morgan fingerprint density at radius 1 is 1.18 bits per heavy atom. The van der Waals surface area contributed by atoms with Crippen molar-refractivity contribution >= 4 is 5.91 Å². The summed E-state index contributed by atoms with van der Waals surface area (Å²) in [6, 6.07) is 8.08. The number of methoxy groups -OCH3 is 1. The standard InChI is InChI=1S/C21H29N5O2/c1-24-10-4-3-8-18(24)21-23-22-19-9-11-25(12-13-26(19)21)20(27)15-16-6-5-7-17(14-16)28-2/h5-7,14,18H,3-4,8-13,15H2,1-2H3/t18-/m0/s1. The molecule has 0 bridgehead atoms. The Labute approximate surface area is 166 Å². The molecule has 1 amide bonds. The average molecular weight is 383 g/mol. The second kappa shape index (κ2) is 8.31. The lowest BCUT2D eigenvalue weighted by Gasteiger charge is -2.32. The first-order valence-electron chi connectivity index (χ1n) is 10.2. The van der Waals surface area contributed by atoms with E-state index in [0.717, 1.165) is 48.9 Å². The summed E-state index contributed by atoms with van der Waals surface area (Å²) in [5.74, 6) is 3.02. The van der Waals surface area contributed by atoms with Gasteiger partial charge in [0.15, 0.2) is 0 Å². The topological polar surface area (TPSA) is 63.5 Å². The molecular weight excluding hydrogens is 354 g/mol. The first-order valence-corrected chi connectivity index (χ1v) is 10.2. The second-order valence-corrected chi connectivity index (χ2v) is 7.78. The number of benzene rings is 1. The van der Waals surface area contributed by atoms with Gasteiger partial charge in [-0.3, -0.25) is 9.69 Å². The van der Waals surface area contributed by atoms with E-state index in [-0.39, 0.29) is 5.91 Å². The second-order valence-electron chi connectivity index (χ2n) is 7.78. The van der Waals surface area contributed by atoms with Crippen LogP contribution in [0, 0.1) is 0 Å². The summed E-state index contributed by atoms with van der Waals surface area (Å²) < 4.78 is 7.52. The summed E-state index contributed by atoms with van der Waals surface area (Å²) in [6.45, 7) is 3.28. The third-order valence-electron chi connectivity index (χ3n) is 5.97. The molecule has 1 fully saturated rings. The zero-order valence-electron chi connectivity index (χ0n) is 16.8. The highest BCUT2D eigenvalue weighted by molar-refractivity contribution is 5.79. The fourth-order valence-corrected chi connectivity index (χ4v) is 4.31. The third-order valence-corrected chi connectivity index (χ3v) is 5.97. The van der Waals surface area contributed by atoms with Gasteiger partial charge in [-0.05, 0) is 44.1 Å². The van der Waals surface area contributed by atoms with Gasteiger partial charge in [-0.2, -0.15) is 0 Å². The number of carbonyl (C=O) groups is 1. The van der Waals surface area contributed by atoms with Crippen molar-refractivity contribution < 1.29 is 9.53 Å². The Balaban J connectivity index is 1.43. The molecule has 1 aromatic heterocycles. The quantitative estimate of drug-likeness (QED) is 0.809. The van der Waals surface area contributed by atoms with Crippen molar-refractivity contribution in [2.24, 2.45) is 0 Å². The summed E-state index contributed by atoms with van der Waals surface area (Å²) in [6.07, 6.45) is 4.78. The van der Waals surface area contributed by atoms with Crippen LogP contribution in [0.4, 0.5) is 0 Å². The molecule has 7 nitrogen and oxygen atoms in total. The monoisotopic (exact) mass is 383 g/mol. The lowest BCUT2D eigenvalue weighted by atomic mass is 10.0.